The van der Waals surface area contributed by atoms with Crippen LogP contribution in [0.25, 0.3) is 21.9 Å². The molecule has 1 N–H and O–H groups in total. The monoisotopic (exact) mass is 315 g/mol. The van der Waals surface area contributed by atoms with Gasteiger partial charge < -0.3 is 5.11 Å². The standard InChI is InChI=1S/C17H18ClN3O/c1-11(17(2,3)22)21-10-15(9-20-21)12-4-5-13-8-19-16(18)7-14(13)6-12/h4-11,22H,1-3H3. The minimum absolute atomic E-state index is 0.111. The fourth-order valence-electron chi connectivity index (χ4n) is 2.32. The first-order chi connectivity index (χ1) is 10.3. The van der Waals surface area contributed by atoms with E-state index in [-0.39, 0.29) is 6.04 Å². The minimum Gasteiger partial charge on any atom is -0.388 e. The summed E-state index contributed by atoms with van der Waals surface area (Å²) in [6.45, 7) is 5.51. The van der Waals surface area contributed by atoms with Crippen molar-refractivity contribution in [3.8, 4) is 11.1 Å². The largest absolute Gasteiger partial charge is 0.388 e. The second-order valence-electron chi connectivity index (χ2n) is 6.11. The van der Waals surface area contributed by atoms with E-state index in [0.717, 1.165) is 21.9 Å². The van der Waals surface area contributed by atoms with Gasteiger partial charge in [0.25, 0.3) is 0 Å². The molecule has 0 aliphatic heterocycles. The fourth-order valence-corrected chi connectivity index (χ4v) is 2.48. The summed E-state index contributed by atoms with van der Waals surface area (Å²) in [6.07, 6.45) is 5.53. The smallest absolute Gasteiger partial charge is 0.129 e. The zero-order chi connectivity index (χ0) is 15.9. The van der Waals surface area contributed by atoms with E-state index in [9.17, 15) is 5.11 Å². The number of aromatic nitrogens is 3. The summed E-state index contributed by atoms with van der Waals surface area (Å²) in [5.74, 6) is 0. The molecule has 3 aromatic rings. The van der Waals surface area contributed by atoms with Gasteiger partial charge >= 0.3 is 0 Å². The Balaban J connectivity index is 1.99. The van der Waals surface area contributed by atoms with Gasteiger partial charge in [-0.1, -0.05) is 23.7 Å². The molecule has 0 bridgehead atoms. The summed E-state index contributed by atoms with van der Waals surface area (Å²) in [5.41, 5.74) is 1.24. The third-order valence-electron chi connectivity index (χ3n) is 4.04. The second kappa shape index (κ2) is 5.38. The first-order valence-corrected chi connectivity index (χ1v) is 7.54. The van der Waals surface area contributed by atoms with E-state index in [1.807, 2.05) is 37.5 Å². The lowest BCUT2D eigenvalue weighted by molar-refractivity contribution is 0.0258. The number of rotatable bonds is 3. The summed E-state index contributed by atoms with van der Waals surface area (Å²) in [4.78, 5) is 4.09. The number of nitrogens with zero attached hydrogens (tertiary/aromatic N) is 3. The Labute approximate surface area is 134 Å². The molecule has 1 unspecified atom stereocenters. The minimum atomic E-state index is -0.828. The van der Waals surface area contributed by atoms with Crippen molar-refractivity contribution < 1.29 is 5.11 Å². The predicted octanol–water partition coefficient (Wildman–Crippen LogP) is 4.08. The summed E-state index contributed by atoms with van der Waals surface area (Å²) in [6, 6.07) is 7.86. The Bertz CT molecular complexity index is 820. The number of hydrogen-bond donors (Lipinski definition) is 1. The topological polar surface area (TPSA) is 50.9 Å². The van der Waals surface area contributed by atoms with E-state index >= 15 is 0 Å². The van der Waals surface area contributed by atoms with Gasteiger partial charge in [0.15, 0.2) is 0 Å². The van der Waals surface area contributed by atoms with E-state index in [2.05, 4.69) is 16.1 Å². The molecule has 2 aromatic heterocycles. The Kier molecular flexibility index (Phi) is 3.67. The maximum absolute atomic E-state index is 10.1. The van der Waals surface area contributed by atoms with Crippen LogP contribution in [0.3, 0.4) is 0 Å². The first-order valence-electron chi connectivity index (χ1n) is 7.17. The van der Waals surface area contributed by atoms with Crippen molar-refractivity contribution in [1.29, 1.82) is 0 Å². The number of pyridine rings is 1. The summed E-state index contributed by atoms with van der Waals surface area (Å²) in [7, 11) is 0. The van der Waals surface area contributed by atoms with Crippen LogP contribution in [0, 0.1) is 0 Å². The van der Waals surface area contributed by atoms with Gasteiger partial charge in [-0.3, -0.25) is 4.68 Å². The first kappa shape index (κ1) is 15.0. The van der Waals surface area contributed by atoms with E-state index in [4.69, 9.17) is 11.6 Å². The predicted molar refractivity (Wildman–Crippen MR) is 89.0 cm³/mol. The number of halogens is 1. The van der Waals surface area contributed by atoms with Crippen molar-refractivity contribution in [3.63, 3.8) is 0 Å². The van der Waals surface area contributed by atoms with E-state index in [0.29, 0.717) is 5.15 Å². The van der Waals surface area contributed by atoms with Crippen molar-refractivity contribution in [3.05, 3.63) is 48.0 Å². The molecule has 0 aliphatic carbocycles. The Morgan fingerprint density at radius 1 is 1.14 bits per heavy atom. The average molecular weight is 316 g/mol. The summed E-state index contributed by atoms with van der Waals surface area (Å²) < 4.78 is 1.79. The van der Waals surface area contributed by atoms with Gasteiger partial charge in [-0.05, 0) is 43.9 Å². The maximum Gasteiger partial charge on any atom is 0.129 e. The highest BCUT2D eigenvalue weighted by molar-refractivity contribution is 6.30. The second-order valence-corrected chi connectivity index (χ2v) is 6.49. The molecule has 2 heterocycles. The molecular weight excluding hydrogens is 298 g/mol. The van der Waals surface area contributed by atoms with Crippen molar-refractivity contribution in [2.45, 2.75) is 32.4 Å². The lowest BCUT2D eigenvalue weighted by atomic mass is 10.0. The lowest BCUT2D eigenvalue weighted by Crippen LogP contribution is -2.31. The van der Waals surface area contributed by atoms with Crippen LogP contribution in [0.5, 0.6) is 0 Å². The number of hydrogen-bond acceptors (Lipinski definition) is 3. The molecule has 22 heavy (non-hydrogen) atoms. The maximum atomic E-state index is 10.1. The fraction of sp³-hybridized carbons (Fsp3) is 0.294. The average Bonchev–Trinajstić information content (AvgIpc) is 2.94. The molecule has 114 valence electrons. The van der Waals surface area contributed by atoms with Crippen molar-refractivity contribution >= 4 is 22.4 Å². The highest BCUT2D eigenvalue weighted by Gasteiger charge is 2.24. The molecule has 5 heteroatoms. The molecule has 1 aromatic carbocycles. The molecule has 0 saturated heterocycles. The van der Waals surface area contributed by atoms with Crippen LogP contribution in [0.15, 0.2) is 42.9 Å². The quantitative estimate of drug-likeness (QED) is 0.741. The van der Waals surface area contributed by atoms with Gasteiger partial charge in [-0.15, -0.1) is 0 Å². The molecule has 0 aliphatic rings. The van der Waals surface area contributed by atoms with Gasteiger partial charge in [0.1, 0.15) is 5.15 Å². The van der Waals surface area contributed by atoms with Crippen molar-refractivity contribution in [1.82, 2.24) is 14.8 Å². The number of benzene rings is 1. The molecule has 1 atom stereocenters. The van der Waals surface area contributed by atoms with Gasteiger partial charge in [0, 0.05) is 23.3 Å². The van der Waals surface area contributed by atoms with Crippen LogP contribution < -0.4 is 0 Å². The van der Waals surface area contributed by atoms with E-state index < -0.39 is 5.60 Å². The zero-order valence-corrected chi connectivity index (χ0v) is 13.5. The van der Waals surface area contributed by atoms with Gasteiger partial charge in [0.2, 0.25) is 0 Å². The zero-order valence-electron chi connectivity index (χ0n) is 12.8. The van der Waals surface area contributed by atoms with Crippen molar-refractivity contribution in [2.75, 3.05) is 0 Å². The van der Waals surface area contributed by atoms with Crippen LogP contribution in [0.2, 0.25) is 5.15 Å². The Hall–Kier alpha value is -1.91. The molecule has 0 fully saturated rings. The molecule has 3 rings (SSSR count). The van der Waals surface area contributed by atoms with E-state index in [1.165, 1.54) is 0 Å². The number of aliphatic hydroxyl groups is 1. The van der Waals surface area contributed by atoms with Crippen LogP contribution >= 0.6 is 11.6 Å². The highest BCUT2D eigenvalue weighted by Crippen LogP contribution is 2.27. The van der Waals surface area contributed by atoms with Gasteiger partial charge in [-0.2, -0.15) is 5.10 Å². The normalized spacial score (nSPS) is 13.5. The lowest BCUT2D eigenvalue weighted by Gasteiger charge is -2.25. The SMILES string of the molecule is CC(n1cc(-c2ccc3cnc(Cl)cc3c2)cn1)C(C)(C)O. The molecule has 0 saturated carbocycles. The Morgan fingerprint density at radius 2 is 1.91 bits per heavy atom. The third-order valence-corrected chi connectivity index (χ3v) is 4.25. The van der Waals surface area contributed by atoms with Crippen LogP contribution in [0.1, 0.15) is 26.8 Å². The van der Waals surface area contributed by atoms with Gasteiger partial charge in [-0.25, -0.2) is 4.98 Å². The number of fused-ring (bicyclic) bond motifs is 1. The molecular formula is C17H18ClN3O. The summed E-state index contributed by atoms with van der Waals surface area (Å²) in [5, 5.41) is 17.1. The van der Waals surface area contributed by atoms with Crippen molar-refractivity contribution in [2.24, 2.45) is 0 Å². The van der Waals surface area contributed by atoms with E-state index in [1.54, 1.807) is 24.7 Å². The Morgan fingerprint density at radius 3 is 2.64 bits per heavy atom. The highest BCUT2D eigenvalue weighted by atomic mass is 35.5. The van der Waals surface area contributed by atoms with Crippen LogP contribution in [0.4, 0.5) is 0 Å². The third kappa shape index (κ3) is 2.85. The van der Waals surface area contributed by atoms with Crippen LogP contribution in [-0.2, 0) is 0 Å². The van der Waals surface area contributed by atoms with Crippen LogP contribution in [-0.4, -0.2) is 25.5 Å². The molecule has 0 spiro atoms. The molecule has 0 amide bonds. The van der Waals surface area contributed by atoms with Gasteiger partial charge in [0.05, 0.1) is 17.8 Å². The summed E-state index contributed by atoms with van der Waals surface area (Å²) >= 11 is 5.96. The molecule has 4 nitrogen and oxygen atoms in total. The molecule has 0 radical (unpaired) electrons.